The quantitative estimate of drug-likeness (QED) is 0.538. The van der Waals surface area contributed by atoms with Crippen LogP contribution in [0.15, 0.2) is 0 Å². The molecule has 5 aliphatic rings. The van der Waals surface area contributed by atoms with Gasteiger partial charge in [0.25, 0.3) is 0 Å². The molecule has 4 aliphatic heterocycles. The van der Waals surface area contributed by atoms with Crippen molar-refractivity contribution in [3.05, 3.63) is 0 Å². The van der Waals surface area contributed by atoms with Gasteiger partial charge in [-0.2, -0.15) is 4.89 Å². The van der Waals surface area contributed by atoms with E-state index >= 15 is 0 Å². The first-order valence-electron chi connectivity index (χ1n) is 7.81. The average molecular weight is 298 g/mol. The molecule has 118 valence electrons. The second-order valence-electron chi connectivity index (χ2n) is 7.23. The Balaban J connectivity index is 1.85. The van der Waals surface area contributed by atoms with Crippen LogP contribution in [0.5, 0.6) is 0 Å². The molecule has 4 saturated heterocycles. The third-order valence-corrected chi connectivity index (χ3v) is 6.12. The number of esters is 1. The molecule has 1 saturated carbocycles. The lowest BCUT2D eigenvalue weighted by atomic mass is 9.58. The lowest BCUT2D eigenvalue weighted by Crippen LogP contribution is -2.69. The first-order chi connectivity index (χ1) is 9.88. The summed E-state index contributed by atoms with van der Waals surface area (Å²) in [6.07, 6.45) is 0.824. The van der Waals surface area contributed by atoms with E-state index in [9.17, 15) is 9.90 Å². The Morgan fingerprint density at radius 3 is 2.71 bits per heavy atom. The summed E-state index contributed by atoms with van der Waals surface area (Å²) in [5.74, 6) is -1.37. The first-order valence-corrected chi connectivity index (χ1v) is 7.81. The molecule has 1 spiro atoms. The molecule has 5 fully saturated rings. The number of hydrogen-bond acceptors (Lipinski definition) is 6. The van der Waals surface area contributed by atoms with E-state index in [0.29, 0.717) is 12.3 Å². The van der Waals surface area contributed by atoms with Gasteiger partial charge in [0.05, 0.1) is 5.92 Å². The molecule has 0 amide bonds. The molecule has 1 aliphatic carbocycles. The molecule has 8 atom stereocenters. The molecular weight excluding hydrogens is 276 g/mol. The Bertz CT molecular complexity index is 481. The lowest BCUT2D eigenvalue weighted by Gasteiger charge is -2.57. The standard InChI is InChI=1S/C15H22O6/c1-7-4-5-9-8(2)12(17)18-13-15(9)10(7)6-11(16)14(3,19-13)20-21-15/h7-11,13,16H,4-6H2,1-3H3/t7-,8-,9+,10+,11+,13-,14-,15+/m1/s1. The number of ether oxygens (including phenoxy) is 2. The topological polar surface area (TPSA) is 74.2 Å². The Morgan fingerprint density at radius 1 is 1.19 bits per heavy atom. The zero-order valence-electron chi connectivity index (χ0n) is 12.6. The molecule has 0 unspecified atom stereocenters. The van der Waals surface area contributed by atoms with Gasteiger partial charge in [0.15, 0.2) is 5.60 Å². The molecule has 4 heterocycles. The number of carbonyl (C=O) groups is 1. The van der Waals surface area contributed by atoms with Crippen molar-refractivity contribution in [3.8, 4) is 0 Å². The van der Waals surface area contributed by atoms with Gasteiger partial charge in [0.1, 0.15) is 6.10 Å². The highest BCUT2D eigenvalue weighted by molar-refractivity contribution is 5.74. The van der Waals surface area contributed by atoms with E-state index in [1.807, 2.05) is 6.92 Å². The zero-order valence-corrected chi connectivity index (χ0v) is 12.6. The second-order valence-corrected chi connectivity index (χ2v) is 7.23. The molecule has 1 N–H and O–H groups in total. The average Bonchev–Trinajstić information content (AvgIpc) is 2.61. The minimum Gasteiger partial charge on any atom is -0.432 e. The Labute approximate surface area is 123 Å². The summed E-state index contributed by atoms with van der Waals surface area (Å²) in [5.41, 5.74) is -0.790. The van der Waals surface area contributed by atoms with Crippen molar-refractivity contribution < 1.29 is 29.1 Å². The Hall–Kier alpha value is -0.690. The minimum absolute atomic E-state index is 0.000185. The molecule has 6 nitrogen and oxygen atoms in total. The number of fused-ring (bicyclic) bond motifs is 2. The van der Waals surface area contributed by atoms with Gasteiger partial charge >= 0.3 is 5.97 Å². The fraction of sp³-hybridized carbons (Fsp3) is 0.933. The van der Waals surface area contributed by atoms with Crippen molar-refractivity contribution in [1.82, 2.24) is 0 Å². The van der Waals surface area contributed by atoms with Gasteiger partial charge in [-0.25, -0.2) is 4.89 Å². The van der Waals surface area contributed by atoms with Gasteiger partial charge in [-0.15, -0.1) is 0 Å². The Kier molecular flexibility index (Phi) is 2.78. The molecular formula is C15H22O6. The largest absolute Gasteiger partial charge is 0.432 e. The lowest BCUT2D eigenvalue weighted by molar-refractivity contribution is -0.565. The zero-order chi connectivity index (χ0) is 15.0. The summed E-state index contributed by atoms with van der Waals surface area (Å²) in [5, 5.41) is 10.5. The molecule has 5 rings (SSSR count). The maximum atomic E-state index is 12.1. The highest BCUT2D eigenvalue weighted by atomic mass is 17.3. The van der Waals surface area contributed by atoms with Crippen LogP contribution >= 0.6 is 0 Å². The van der Waals surface area contributed by atoms with Crippen LogP contribution in [0.25, 0.3) is 0 Å². The van der Waals surface area contributed by atoms with E-state index in [0.717, 1.165) is 12.8 Å². The van der Waals surface area contributed by atoms with Crippen molar-refractivity contribution in [3.63, 3.8) is 0 Å². The SMILES string of the molecule is C[C@@H]1CC[C@H]2[C@@H](C)C(=O)O[C@@H]3O[C@]4(C)OO[C@@]32[C@H]1C[C@@H]4O. The van der Waals surface area contributed by atoms with Crippen molar-refractivity contribution in [1.29, 1.82) is 0 Å². The van der Waals surface area contributed by atoms with Crippen LogP contribution in [-0.2, 0) is 24.0 Å². The van der Waals surface area contributed by atoms with Crippen LogP contribution < -0.4 is 0 Å². The number of rotatable bonds is 0. The maximum absolute atomic E-state index is 12.1. The molecule has 6 heteroatoms. The monoisotopic (exact) mass is 298 g/mol. The fourth-order valence-electron chi connectivity index (χ4n) is 4.72. The van der Waals surface area contributed by atoms with E-state index < -0.39 is 23.8 Å². The molecule has 0 aromatic rings. The third-order valence-electron chi connectivity index (χ3n) is 6.12. The number of carbonyl (C=O) groups excluding carboxylic acids is 1. The van der Waals surface area contributed by atoms with Crippen molar-refractivity contribution in [2.75, 3.05) is 0 Å². The van der Waals surface area contributed by atoms with Gasteiger partial charge < -0.3 is 14.6 Å². The molecule has 21 heavy (non-hydrogen) atoms. The van der Waals surface area contributed by atoms with E-state index in [-0.39, 0.29) is 23.7 Å². The fourth-order valence-corrected chi connectivity index (χ4v) is 4.72. The summed E-state index contributed by atoms with van der Waals surface area (Å²) in [7, 11) is 0. The second kappa shape index (κ2) is 4.19. The van der Waals surface area contributed by atoms with Gasteiger partial charge in [-0.1, -0.05) is 13.8 Å². The van der Waals surface area contributed by atoms with E-state index in [4.69, 9.17) is 19.2 Å². The summed E-state index contributed by atoms with van der Waals surface area (Å²) >= 11 is 0. The van der Waals surface area contributed by atoms with Crippen LogP contribution in [0.1, 0.15) is 40.0 Å². The highest BCUT2D eigenvalue weighted by Gasteiger charge is 2.71. The maximum Gasteiger partial charge on any atom is 0.311 e. The van der Waals surface area contributed by atoms with Gasteiger partial charge in [0.2, 0.25) is 12.1 Å². The molecule has 0 aromatic heterocycles. The van der Waals surface area contributed by atoms with Crippen LogP contribution in [0.2, 0.25) is 0 Å². The summed E-state index contributed by atoms with van der Waals surface area (Å²) in [4.78, 5) is 23.5. The molecule has 0 aromatic carbocycles. The van der Waals surface area contributed by atoms with Gasteiger partial charge in [0, 0.05) is 11.8 Å². The van der Waals surface area contributed by atoms with E-state index in [1.165, 1.54) is 0 Å². The van der Waals surface area contributed by atoms with Gasteiger partial charge in [-0.3, -0.25) is 4.79 Å². The third kappa shape index (κ3) is 1.59. The minimum atomic E-state index is -1.28. The highest BCUT2D eigenvalue weighted by Crippen LogP contribution is 2.59. The van der Waals surface area contributed by atoms with Crippen molar-refractivity contribution in [2.24, 2.45) is 23.7 Å². The van der Waals surface area contributed by atoms with Crippen LogP contribution in [0.3, 0.4) is 0 Å². The summed E-state index contributed by atoms with van der Waals surface area (Å²) in [6.45, 7) is 5.67. The first kappa shape index (κ1) is 13.9. The smallest absolute Gasteiger partial charge is 0.311 e. The summed E-state index contributed by atoms with van der Waals surface area (Å²) < 4.78 is 11.4. The predicted molar refractivity (Wildman–Crippen MR) is 69.4 cm³/mol. The van der Waals surface area contributed by atoms with Crippen LogP contribution in [0.4, 0.5) is 0 Å². The number of aliphatic hydroxyl groups excluding tert-OH is 1. The summed E-state index contributed by atoms with van der Waals surface area (Å²) in [6, 6.07) is 0. The number of aliphatic hydroxyl groups is 1. The number of hydrogen-bond donors (Lipinski definition) is 1. The van der Waals surface area contributed by atoms with E-state index in [1.54, 1.807) is 6.92 Å². The predicted octanol–water partition coefficient (Wildman–Crippen LogP) is 1.37. The molecule has 2 bridgehead atoms. The van der Waals surface area contributed by atoms with E-state index in [2.05, 4.69) is 6.92 Å². The van der Waals surface area contributed by atoms with Gasteiger partial charge in [-0.05, 0) is 32.1 Å². The van der Waals surface area contributed by atoms with Crippen LogP contribution in [-0.4, -0.2) is 34.9 Å². The van der Waals surface area contributed by atoms with Crippen molar-refractivity contribution in [2.45, 2.75) is 63.8 Å². The Morgan fingerprint density at radius 2 is 1.95 bits per heavy atom. The van der Waals surface area contributed by atoms with Crippen LogP contribution in [0, 0.1) is 23.7 Å². The molecule has 0 radical (unpaired) electrons. The van der Waals surface area contributed by atoms with Crippen molar-refractivity contribution >= 4 is 5.97 Å². The normalized spacial score (nSPS) is 59.1.